The van der Waals surface area contributed by atoms with E-state index >= 15 is 0 Å². The lowest BCUT2D eigenvalue weighted by molar-refractivity contribution is -0.160. The molecule has 11 heteroatoms. The number of carbonyl (C=O) groups excluding carboxylic acids is 2. The normalized spacial score (nSPS) is 11.7. The fraction of sp³-hybridized carbons (Fsp3) is 0.556. The number of rotatable bonds is 12. The minimum Gasteiger partial charge on any atom is -0.458 e. The largest absolute Gasteiger partial charge is 0.458 e. The van der Waals surface area contributed by atoms with Gasteiger partial charge in [0.1, 0.15) is 18.8 Å². The van der Waals surface area contributed by atoms with Crippen LogP contribution in [0.5, 0.6) is 0 Å². The Labute approximate surface area is 171 Å². The Balaban J connectivity index is 2.08. The minimum absolute atomic E-state index is 0.0470. The number of carbonyl (C=O) groups is 2. The van der Waals surface area contributed by atoms with Crippen LogP contribution < -0.4 is 9.44 Å². The van der Waals surface area contributed by atoms with Crippen molar-refractivity contribution in [1.82, 2.24) is 9.44 Å². The van der Waals surface area contributed by atoms with Gasteiger partial charge in [0.2, 0.25) is 0 Å². The number of ether oxygens (including phenoxy) is 4. The van der Waals surface area contributed by atoms with E-state index in [-0.39, 0.29) is 39.6 Å². The highest BCUT2D eigenvalue weighted by atomic mass is 32.2. The van der Waals surface area contributed by atoms with Crippen molar-refractivity contribution in [2.24, 2.45) is 0 Å². The van der Waals surface area contributed by atoms with E-state index in [0.29, 0.717) is 0 Å². The van der Waals surface area contributed by atoms with Crippen molar-refractivity contribution in [3.8, 4) is 0 Å². The quantitative estimate of drug-likeness (QED) is 0.371. The molecule has 0 aromatic heterocycles. The van der Waals surface area contributed by atoms with E-state index in [9.17, 15) is 18.0 Å². The Morgan fingerprint density at radius 3 is 2.31 bits per heavy atom. The summed E-state index contributed by atoms with van der Waals surface area (Å²) in [6, 6.07) is 8.85. The van der Waals surface area contributed by atoms with Crippen molar-refractivity contribution >= 4 is 22.3 Å². The van der Waals surface area contributed by atoms with E-state index in [1.54, 1.807) is 49.8 Å². The monoisotopic (exact) mass is 432 g/mol. The van der Waals surface area contributed by atoms with Crippen LogP contribution in [0.4, 0.5) is 4.79 Å². The lowest BCUT2D eigenvalue weighted by Gasteiger charge is -2.19. The molecule has 0 atom stereocenters. The van der Waals surface area contributed by atoms with Gasteiger partial charge in [0, 0.05) is 6.54 Å². The second-order valence-electron chi connectivity index (χ2n) is 6.81. The molecule has 0 saturated carbocycles. The van der Waals surface area contributed by atoms with E-state index < -0.39 is 27.9 Å². The number of nitrogens with one attached hydrogen (secondary N) is 2. The predicted octanol–water partition coefficient (Wildman–Crippen LogP) is 1.12. The van der Waals surface area contributed by atoms with Crippen LogP contribution in [0.3, 0.4) is 0 Å². The van der Waals surface area contributed by atoms with Crippen molar-refractivity contribution in [3.63, 3.8) is 0 Å². The van der Waals surface area contributed by atoms with Crippen LogP contribution in [0.25, 0.3) is 0 Å². The SMILES string of the molecule is CC(C)(C)OC(=O)COCCOCCNS(=O)(=O)NC(=O)OCc1ccccc1. The molecule has 0 aliphatic rings. The van der Waals surface area contributed by atoms with Crippen LogP contribution in [0, 0.1) is 0 Å². The van der Waals surface area contributed by atoms with E-state index in [4.69, 9.17) is 18.9 Å². The summed E-state index contributed by atoms with van der Waals surface area (Å²) in [5.41, 5.74) is 0.158. The summed E-state index contributed by atoms with van der Waals surface area (Å²) in [7, 11) is -4.06. The van der Waals surface area contributed by atoms with Gasteiger partial charge in [0.15, 0.2) is 0 Å². The first-order valence-corrected chi connectivity index (χ1v) is 10.4. The summed E-state index contributed by atoms with van der Waals surface area (Å²) >= 11 is 0. The standard InChI is InChI=1S/C18H28N2O8S/c1-18(2,3)28-16(21)14-26-12-11-25-10-9-19-29(23,24)20-17(22)27-13-15-7-5-4-6-8-15/h4-8,19H,9-14H2,1-3H3,(H,20,22). The molecule has 10 nitrogen and oxygen atoms in total. The molecule has 0 radical (unpaired) electrons. The Morgan fingerprint density at radius 1 is 1.00 bits per heavy atom. The minimum atomic E-state index is -4.06. The summed E-state index contributed by atoms with van der Waals surface area (Å²) in [4.78, 5) is 23.0. The summed E-state index contributed by atoms with van der Waals surface area (Å²) in [6.45, 7) is 5.33. The van der Waals surface area contributed by atoms with E-state index in [1.165, 1.54) is 0 Å². The second-order valence-corrected chi connectivity index (χ2v) is 8.31. The number of benzene rings is 1. The van der Waals surface area contributed by atoms with Crippen LogP contribution >= 0.6 is 0 Å². The van der Waals surface area contributed by atoms with Gasteiger partial charge in [-0.15, -0.1) is 0 Å². The summed E-state index contributed by atoms with van der Waals surface area (Å²) < 4.78 is 47.5. The maximum absolute atomic E-state index is 11.7. The Hall–Kier alpha value is -2.21. The van der Waals surface area contributed by atoms with Crippen LogP contribution in [-0.2, 0) is 40.6 Å². The highest BCUT2D eigenvalue weighted by Gasteiger charge is 2.16. The average Bonchev–Trinajstić information content (AvgIpc) is 2.61. The molecule has 0 saturated heterocycles. The fourth-order valence-electron chi connectivity index (χ4n) is 1.89. The van der Waals surface area contributed by atoms with E-state index in [1.807, 2.05) is 6.07 Å². The molecule has 164 valence electrons. The molecule has 1 aromatic carbocycles. The van der Waals surface area contributed by atoms with Crippen molar-refractivity contribution in [2.45, 2.75) is 33.0 Å². The van der Waals surface area contributed by atoms with Gasteiger partial charge in [-0.1, -0.05) is 30.3 Å². The molecule has 2 N–H and O–H groups in total. The average molecular weight is 432 g/mol. The molecule has 0 unspecified atom stereocenters. The van der Waals surface area contributed by atoms with Crippen LogP contribution in [0.2, 0.25) is 0 Å². The van der Waals surface area contributed by atoms with Crippen LogP contribution in [0.15, 0.2) is 30.3 Å². The third-order valence-corrected chi connectivity index (χ3v) is 4.00. The summed E-state index contributed by atoms with van der Waals surface area (Å²) in [5, 5.41) is 0. The van der Waals surface area contributed by atoms with Gasteiger partial charge in [-0.25, -0.2) is 14.3 Å². The first kappa shape index (κ1) is 24.8. The fourth-order valence-corrected chi connectivity index (χ4v) is 2.60. The maximum Gasteiger partial charge on any atom is 0.422 e. The predicted molar refractivity (Wildman–Crippen MR) is 104 cm³/mol. The maximum atomic E-state index is 11.7. The van der Waals surface area contributed by atoms with Gasteiger partial charge in [0.05, 0.1) is 19.8 Å². The molecule has 1 rings (SSSR count). The first-order chi connectivity index (χ1) is 13.6. The van der Waals surface area contributed by atoms with Crippen molar-refractivity contribution < 1.29 is 37.0 Å². The molecular formula is C18H28N2O8S. The highest BCUT2D eigenvalue weighted by Crippen LogP contribution is 2.06. The van der Waals surface area contributed by atoms with Crippen molar-refractivity contribution in [1.29, 1.82) is 0 Å². The lowest BCUT2D eigenvalue weighted by Crippen LogP contribution is -2.41. The highest BCUT2D eigenvalue weighted by molar-refractivity contribution is 7.88. The van der Waals surface area contributed by atoms with Gasteiger partial charge in [-0.3, -0.25) is 0 Å². The third-order valence-electron chi connectivity index (χ3n) is 2.98. The Bertz CT molecular complexity index is 732. The summed E-state index contributed by atoms with van der Waals surface area (Å²) in [6.07, 6.45) is -1.09. The van der Waals surface area contributed by atoms with E-state index in [0.717, 1.165) is 5.56 Å². The topological polar surface area (TPSA) is 129 Å². The number of hydrogen-bond acceptors (Lipinski definition) is 8. The summed E-state index contributed by atoms with van der Waals surface area (Å²) in [5.74, 6) is -0.476. The molecule has 1 aromatic rings. The number of amides is 1. The molecule has 0 heterocycles. The zero-order chi connectivity index (χ0) is 21.8. The molecule has 1 amide bonds. The van der Waals surface area contributed by atoms with Gasteiger partial charge in [-0.2, -0.15) is 13.1 Å². The van der Waals surface area contributed by atoms with E-state index in [2.05, 4.69) is 4.72 Å². The molecule has 0 fully saturated rings. The molecule has 0 bridgehead atoms. The molecular weight excluding hydrogens is 404 g/mol. The van der Waals surface area contributed by atoms with Gasteiger partial charge in [0.25, 0.3) is 0 Å². The Kier molecular flexibility index (Phi) is 10.6. The number of hydrogen-bond donors (Lipinski definition) is 2. The Morgan fingerprint density at radius 2 is 1.66 bits per heavy atom. The smallest absolute Gasteiger partial charge is 0.422 e. The van der Waals surface area contributed by atoms with Crippen LogP contribution in [0.1, 0.15) is 26.3 Å². The van der Waals surface area contributed by atoms with Gasteiger partial charge >= 0.3 is 22.3 Å². The molecule has 0 aliphatic heterocycles. The van der Waals surface area contributed by atoms with Crippen molar-refractivity contribution in [2.75, 3.05) is 33.0 Å². The van der Waals surface area contributed by atoms with Gasteiger partial charge in [-0.05, 0) is 26.3 Å². The molecule has 29 heavy (non-hydrogen) atoms. The molecule has 0 aliphatic carbocycles. The zero-order valence-corrected chi connectivity index (χ0v) is 17.6. The lowest BCUT2D eigenvalue weighted by atomic mass is 10.2. The number of esters is 1. The first-order valence-electron chi connectivity index (χ1n) is 8.93. The molecule has 0 spiro atoms. The van der Waals surface area contributed by atoms with Gasteiger partial charge < -0.3 is 18.9 Å². The third kappa shape index (κ3) is 13.6. The zero-order valence-electron chi connectivity index (χ0n) is 16.8. The second kappa shape index (κ2) is 12.4. The van der Waals surface area contributed by atoms with Crippen molar-refractivity contribution in [3.05, 3.63) is 35.9 Å². The van der Waals surface area contributed by atoms with Crippen LogP contribution in [-0.4, -0.2) is 59.1 Å².